The quantitative estimate of drug-likeness (QED) is 0.791. The first-order chi connectivity index (χ1) is 9.28. The van der Waals surface area contributed by atoms with E-state index < -0.39 is 0 Å². The molecule has 0 bridgehead atoms. The summed E-state index contributed by atoms with van der Waals surface area (Å²) < 4.78 is 1.15. The molecular weight excluding hydrogens is 300 g/mol. The van der Waals surface area contributed by atoms with E-state index in [9.17, 15) is 0 Å². The van der Waals surface area contributed by atoms with E-state index in [0.717, 1.165) is 29.7 Å². The SMILES string of the molecule is CNc1ccc(CNCCc2cccc(Br)c2)cc1. The van der Waals surface area contributed by atoms with Gasteiger partial charge in [0.2, 0.25) is 0 Å². The first-order valence-corrected chi connectivity index (χ1v) is 7.29. The van der Waals surface area contributed by atoms with E-state index in [1.54, 1.807) is 0 Å². The fraction of sp³-hybridized carbons (Fsp3) is 0.250. The van der Waals surface area contributed by atoms with Gasteiger partial charge in [-0.3, -0.25) is 0 Å². The van der Waals surface area contributed by atoms with Gasteiger partial charge in [0.25, 0.3) is 0 Å². The van der Waals surface area contributed by atoms with Gasteiger partial charge in [-0.15, -0.1) is 0 Å². The molecular formula is C16H19BrN2. The summed E-state index contributed by atoms with van der Waals surface area (Å²) >= 11 is 3.50. The number of benzene rings is 2. The van der Waals surface area contributed by atoms with Crippen molar-refractivity contribution in [2.45, 2.75) is 13.0 Å². The van der Waals surface area contributed by atoms with Crippen LogP contribution in [-0.2, 0) is 13.0 Å². The molecule has 0 spiro atoms. The standard InChI is InChI=1S/C16H19BrN2/c1-18-16-7-5-14(6-8-16)12-19-10-9-13-3-2-4-15(17)11-13/h2-8,11,18-19H,9-10,12H2,1H3. The van der Waals surface area contributed by atoms with Crippen molar-refractivity contribution >= 4 is 21.6 Å². The molecule has 0 unspecified atom stereocenters. The third-order valence-corrected chi connectivity index (χ3v) is 3.54. The average molecular weight is 319 g/mol. The summed E-state index contributed by atoms with van der Waals surface area (Å²) in [6, 6.07) is 17.0. The van der Waals surface area contributed by atoms with Crippen LogP contribution >= 0.6 is 15.9 Å². The van der Waals surface area contributed by atoms with Crippen LogP contribution in [0.5, 0.6) is 0 Å². The lowest BCUT2D eigenvalue weighted by atomic mass is 10.1. The summed E-state index contributed by atoms with van der Waals surface area (Å²) in [4.78, 5) is 0. The van der Waals surface area contributed by atoms with Crippen molar-refractivity contribution in [1.29, 1.82) is 0 Å². The van der Waals surface area contributed by atoms with Crippen LogP contribution in [-0.4, -0.2) is 13.6 Å². The number of anilines is 1. The molecule has 0 fully saturated rings. The summed E-state index contributed by atoms with van der Waals surface area (Å²) in [5.41, 5.74) is 3.82. The summed E-state index contributed by atoms with van der Waals surface area (Å²) in [5.74, 6) is 0. The van der Waals surface area contributed by atoms with Crippen LogP contribution in [0.25, 0.3) is 0 Å². The molecule has 2 aromatic carbocycles. The lowest BCUT2D eigenvalue weighted by Gasteiger charge is -2.06. The minimum absolute atomic E-state index is 0.915. The second-order valence-corrected chi connectivity index (χ2v) is 5.42. The Morgan fingerprint density at radius 3 is 2.47 bits per heavy atom. The van der Waals surface area contributed by atoms with Gasteiger partial charge in [-0.1, -0.05) is 40.2 Å². The van der Waals surface area contributed by atoms with E-state index in [4.69, 9.17) is 0 Å². The average Bonchev–Trinajstić information content (AvgIpc) is 2.44. The van der Waals surface area contributed by atoms with Crippen LogP contribution < -0.4 is 10.6 Å². The molecule has 0 aliphatic heterocycles. The summed E-state index contributed by atoms with van der Waals surface area (Å²) in [7, 11) is 1.94. The van der Waals surface area contributed by atoms with Crippen molar-refractivity contribution in [2.75, 3.05) is 18.9 Å². The van der Waals surface area contributed by atoms with Gasteiger partial charge in [0.05, 0.1) is 0 Å². The van der Waals surface area contributed by atoms with E-state index in [0.29, 0.717) is 0 Å². The largest absolute Gasteiger partial charge is 0.388 e. The van der Waals surface area contributed by atoms with Gasteiger partial charge < -0.3 is 10.6 Å². The Hall–Kier alpha value is -1.32. The molecule has 0 aliphatic rings. The van der Waals surface area contributed by atoms with Gasteiger partial charge >= 0.3 is 0 Å². The molecule has 0 aromatic heterocycles. The van der Waals surface area contributed by atoms with E-state index in [2.05, 4.69) is 75.1 Å². The molecule has 0 aliphatic carbocycles. The number of hydrogen-bond acceptors (Lipinski definition) is 2. The fourth-order valence-electron chi connectivity index (χ4n) is 1.95. The van der Waals surface area contributed by atoms with E-state index in [-0.39, 0.29) is 0 Å². The van der Waals surface area contributed by atoms with Crippen LogP contribution in [0.4, 0.5) is 5.69 Å². The Labute approximate surface area is 123 Å². The van der Waals surface area contributed by atoms with Crippen molar-refractivity contribution in [3.8, 4) is 0 Å². The maximum absolute atomic E-state index is 3.50. The highest BCUT2D eigenvalue weighted by Gasteiger charge is 1.96. The molecule has 100 valence electrons. The summed E-state index contributed by atoms with van der Waals surface area (Å²) in [6.45, 7) is 1.90. The van der Waals surface area contributed by atoms with E-state index in [1.165, 1.54) is 11.1 Å². The number of hydrogen-bond donors (Lipinski definition) is 2. The monoisotopic (exact) mass is 318 g/mol. The van der Waals surface area contributed by atoms with Gasteiger partial charge in [0.1, 0.15) is 0 Å². The Morgan fingerprint density at radius 2 is 1.79 bits per heavy atom. The van der Waals surface area contributed by atoms with Crippen LogP contribution in [0.2, 0.25) is 0 Å². The van der Waals surface area contributed by atoms with Crippen molar-refractivity contribution in [1.82, 2.24) is 5.32 Å². The maximum atomic E-state index is 3.50. The Morgan fingerprint density at radius 1 is 1.00 bits per heavy atom. The lowest BCUT2D eigenvalue weighted by Crippen LogP contribution is -2.16. The van der Waals surface area contributed by atoms with Gasteiger partial charge in [-0.05, 0) is 48.4 Å². The highest BCUT2D eigenvalue weighted by atomic mass is 79.9. The van der Waals surface area contributed by atoms with Gasteiger partial charge in [-0.25, -0.2) is 0 Å². The Bertz CT molecular complexity index is 508. The summed E-state index contributed by atoms with van der Waals surface area (Å²) in [6.07, 6.45) is 1.05. The predicted molar refractivity (Wildman–Crippen MR) is 85.5 cm³/mol. The highest BCUT2D eigenvalue weighted by molar-refractivity contribution is 9.10. The first kappa shape index (κ1) is 14.1. The molecule has 0 saturated heterocycles. The normalized spacial score (nSPS) is 10.4. The number of rotatable bonds is 6. The smallest absolute Gasteiger partial charge is 0.0337 e. The molecule has 3 heteroatoms. The minimum Gasteiger partial charge on any atom is -0.388 e. The molecule has 0 radical (unpaired) electrons. The molecule has 2 aromatic rings. The van der Waals surface area contributed by atoms with Crippen LogP contribution in [0.1, 0.15) is 11.1 Å². The highest BCUT2D eigenvalue weighted by Crippen LogP contribution is 2.12. The van der Waals surface area contributed by atoms with Crippen LogP contribution in [0.15, 0.2) is 53.0 Å². The van der Waals surface area contributed by atoms with Crippen LogP contribution in [0, 0.1) is 0 Å². The lowest BCUT2D eigenvalue weighted by molar-refractivity contribution is 0.687. The molecule has 0 atom stereocenters. The predicted octanol–water partition coefficient (Wildman–Crippen LogP) is 3.82. The fourth-order valence-corrected chi connectivity index (χ4v) is 2.39. The Kier molecular flexibility index (Phi) is 5.43. The first-order valence-electron chi connectivity index (χ1n) is 6.50. The van der Waals surface area contributed by atoms with Crippen molar-refractivity contribution in [3.05, 3.63) is 64.1 Å². The van der Waals surface area contributed by atoms with Crippen molar-refractivity contribution < 1.29 is 0 Å². The maximum Gasteiger partial charge on any atom is 0.0337 e. The molecule has 0 saturated carbocycles. The third-order valence-electron chi connectivity index (χ3n) is 3.05. The molecule has 0 heterocycles. The number of halogens is 1. The van der Waals surface area contributed by atoms with Gasteiger partial charge in [0, 0.05) is 23.8 Å². The molecule has 0 amide bonds. The number of nitrogens with one attached hydrogen (secondary N) is 2. The van der Waals surface area contributed by atoms with Crippen molar-refractivity contribution in [3.63, 3.8) is 0 Å². The molecule has 2 nitrogen and oxygen atoms in total. The van der Waals surface area contributed by atoms with E-state index in [1.807, 2.05) is 7.05 Å². The minimum atomic E-state index is 0.915. The zero-order valence-electron chi connectivity index (χ0n) is 11.1. The Balaban J connectivity index is 1.74. The topological polar surface area (TPSA) is 24.1 Å². The van der Waals surface area contributed by atoms with Crippen LogP contribution in [0.3, 0.4) is 0 Å². The van der Waals surface area contributed by atoms with E-state index >= 15 is 0 Å². The second-order valence-electron chi connectivity index (χ2n) is 4.50. The molecule has 19 heavy (non-hydrogen) atoms. The van der Waals surface area contributed by atoms with Gasteiger partial charge in [0.15, 0.2) is 0 Å². The second kappa shape index (κ2) is 7.31. The summed E-state index contributed by atoms with van der Waals surface area (Å²) in [5, 5.41) is 6.59. The molecule has 2 N–H and O–H groups in total. The molecule has 2 rings (SSSR count). The zero-order valence-corrected chi connectivity index (χ0v) is 12.7. The van der Waals surface area contributed by atoms with Crippen molar-refractivity contribution in [2.24, 2.45) is 0 Å². The third kappa shape index (κ3) is 4.69. The zero-order chi connectivity index (χ0) is 13.5. The van der Waals surface area contributed by atoms with Gasteiger partial charge in [-0.2, -0.15) is 0 Å².